The van der Waals surface area contributed by atoms with Crippen LogP contribution in [0.5, 0.6) is 0 Å². The molecule has 0 aliphatic carbocycles. The minimum Gasteiger partial charge on any atom is -0.329 e. The van der Waals surface area contributed by atoms with Crippen molar-refractivity contribution in [2.45, 2.75) is 71.5 Å². The number of hydrogen-bond donors (Lipinski definition) is 1. The third kappa shape index (κ3) is 3.71. The van der Waals surface area contributed by atoms with Gasteiger partial charge in [0.1, 0.15) is 0 Å². The van der Waals surface area contributed by atoms with Gasteiger partial charge in [-0.3, -0.25) is 9.80 Å². The van der Waals surface area contributed by atoms with Crippen LogP contribution in [-0.4, -0.2) is 54.1 Å². The summed E-state index contributed by atoms with van der Waals surface area (Å²) < 4.78 is 0. The molecule has 1 saturated heterocycles. The van der Waals surface area contributed by atoms with Crippen LogP contribution in [0.3, 0.4) is 0 Å². The molecule has 0 amide bonds. The largest absolute Gasteiger partial charge is 0.329 e. The van der Waals surface area contributed by atoms with E-state index in [9.17, 15) is 0 Å². The first kappa shape index (κ1) is 16.9. The van der Waals surface area contributed by atoms with E-state index in [1.165, 1.54) is 12.8 Å². The molecule has 3 nitrogen and oxygen atoms in total. The summed E-state index contributed by atoms with van der Waals surface area (Å²) in [6, 6.07) is 1.25. The fourth-order valence-electron chi connectivity index (χ4n) is 3.44. The highest BCUT2D eigenvalue weighted by atomic mass is 15.3. The first-order chi connectivity index (χ1) is 8.90. The molecule has 0 aromatic heterocycles. The Bertz CT molecular complexity index is 251. The van der Waals surface area contributed by atoms with Crippen LogP contribution >= 0.6 is 0 Å². The number of likely N-dealkylation sites (N-methyl/N-ethyl adjacent to an activating group) is 1. The topological polar surface area (TPSA) is 32.5 Å². The van der Waals surface area contributed by atoms with Crippen molar-refractivity contribution < 1.29 is 0 Å². The first-order valence-corrected chi connectivity index (χ1v) is 8.07. The molecule has 1 aliphatic rings. The zero-order valence-corrected chi connectivity index (χ0v) is 13.9. The summed E-state index contributed by atoms with van der Waals surface area (Å²) in [5.41, 5.74) is 6.43. The van der Waals surface area contributed by atoms with Gasteiger partial charge in [-0.25, -0.2) is 0 Å². The molecular weight excluding hydrogens is 234 g/mol. The molecule has 3 heteroatoms. The van der Waals surface area contributed by atoms with Gasteiger partial charge in [-0.05, 0) is 39.7 Å². The van der Waals surface area contributed by atoms with Crippen LogP contribution in [0.4, 0.5) is 0 Å². The van der Waals surface area contributed by atoms with Gasteiger partial charge >= 0.3 is 0 Å². The first-order valence-electron chi connectivity index (χ1n) is 8.07. The molecule has 1 fully saturated rings. The maximum absolute atomic E-state index is 6.22. The predicted octanol–water partition coefficient (Wildman–Crippen LogP) is 2.55. The fourth-order valence-corrected chi connectivity index (χ4v) is 3.44. The molecule has 19 heavy (non-hydrogen) atoms. The molecule has 4 atom stereocenters. The second-order valence-corrected chi connectivity index (χ2v) is 6.77. The van der Waals surface area contributed by atoms with Crippen LogP contribution in [0.25, 0.3) is 0 Å². The van der Waals surface area contributed by atoms with E-state index < -0.39 is 0 Å². The average molecular weight is 269 g/mol. The lowest BCUT2D eigenvalue weighted by atomic mass is 9.82. The Labute approximate surface area is 120 Å². The van der Waals surface area contributed by atoms with E-state index in [0.717, 1.165) is 32.0 Å². The summed E-state index contributed by atoms with van der Waals surface area (Å²) in [5, 5.41) is 0. The SMILES string of the molecule is CCC(C)CC(CC)(CN)N1CC(C)N(C)C(C)C1. The van der Waals surface area contributed by atoms with Gasteiger partial charge in [0.25, 0.3) is 0 Å². The van der Waals surface area contributed by atoms with Crippen LogP contribution in [0.1, 0.15) is 53.9 Å². The summed E-state index contributed by atoms with van der Waals surface area (Å²) in [6.45, 7) is 14.7. The van der Waals surface area contributed by atoms with Crippen molar-refractivity contribution in [1.82, 2.24) is 9.80 Å². The summed E-state index contributed by atoms with van der Waals surface area (Å²) >= 11 is 0. The quantitative estimate of drug-likeness (QED) is 0.804. The van der Waals surface area contributed by atoms with E-state index in [1.54, 1.807) is 0 Å². The van der Waals surface area contributed by atoms with Gasteiger partial charge < -0.3 is 5.73 Å². The second kappa shape index (κ2) is 7.05. The Kier molecular flexibility index (Phi) is 6.28. The van der Waals surface area contributed by atoms with Crippen molar-refractivity contribution in [3.63, 3.8) is 0 Å². The highest BCUT2D eigenvalue weighted by Gasteiger charge is 2.39. The van der Waals surface area contributed by atoms with Crippen molar-refractivity contribution in [2.24, 2.45) is 11.7 Å². The monoisotopic (exact) mass is 269 g/mol. The van der Waals surface area contributed by atoms with Crippen molar-refractivity contribution in [1.29, 1.82) is 0 Å². The number of nitrogens with two attached hydrogens (primary N) is 1. The maximum Gasteiger partial charge on any atom is 0.0332 e. The summed E-state index contributed by atoms with van der Waals surface area (Å²) in [6.07, 6.45) is 3.65. The van der Waals surface area contributed by atoms with E-state index in [4.69, 9.17) is 5.73 Å². The normalized spacial score (nSPS) is 31.1. The van der Waals surface area contributed by atoms with Gasteiger partial charge in [-0.1, -0.05) is 27.2 Å². The van der Waals surface area contributed by atoms with Gasteiger partial charge in [-0.15, -0.1) is 0 Å². The molecule has 1 rings (SSSR count). The number of piperazine rings is 1. The molecule has 1 aliphatic heterocycles. The zero-order valence-electron chi connectivity index (χ0n) is 13.9. The lowest BCUT2D eigenvalue weighted by Crippen LogP contribution is -2.64. The Balaban J connectivity index is 2.86. The summed E-state index contributed by atoms with van der Waals surface area (Å²) in [5.74, 6) is 0.758. The fraction of sp³-hybridized carbons (Fsp3) is 1.00. The Morgan fingerprint density at radius 3 is 2.11 bits per heavy atom. The zero-order chi connectivity index (χ0) is 14.6. The van der Waals surface area contributed by atoms with Gasteiger partial charge in [0.2, 0.25) is 0 Å². The number of rotatable bonds is 6. The van der Waals surface area contributed by atoms with Crippen molar-refractivity contribution in [2.75, 3.05) is 26.7 Å². The third-order valence-corrected chi connectivity index (χ3v) is 5.49. The van der Waals surface area contributed by atoms with E-state index in [2.05, 4.69) is 51.5 Å². The average Bonchev–Trinajstić information content (AvgIpc) is 2.41. The predicted molar refractivity (Wildman–Crippen MR) is 84.4 cm³/mol. The van der Waals surface area contributed by atoms with Crippen molar-refractivity contribution in [3.05, 3.63) is 0 Å². The van der Waals surface area contributed by atoms with Crippen LogP contribution in [0, 0.1) is 5.92 Å². The molecule has 4 unspecified atom stereocenters. The highest BCUT2D eigenvalue weighted by Crippen LogP contribution is 2.31. The lowest BCUT2D eigenvalue weighted by Gasteiger charge is -2.52. The van der Waals surface area contributed by atoms with Gasteiger partial charge in [0, 0.05) is 37.3 Å². The molecule has 1 heterocycles. The van der Waals surface area contributed by atoms with Crippen LogP contribution in [0.15, 0.2) is 0 Å². The molecule has 0 bridgehead atoms. The smallest absolute Gasteiger partial charge is 0.0332 e. The van der Waals surface area contributed by atoms with E-state index in [0.29, 0.717) is 12.1 Å². The molecule has 0 saturated carbocycles. The van der Waals surface area contributed by atoms with Gasteiger partial charge in [0.05, 0.1) is 0 Å². The van der Waals surface area contributed by atoms with Crippen LogP contribution in [-0.2, 0) is 0 Å². The lowest BCUT2D eigenvalue weighted by molar-refractivity contribution is -0.0216. The molecule has 0 aromatic carbocycles. The van der Waals surface area contributed by atoms with E-state index >= 15 is 0 Å². The number of hydrogen-bond acceptors (Lipinski definition) is 3. The molecule has 0 spiro atoms. The molecule has 114 valence electrons. The Morgan fingerprint density at radius 1 is 1.21 bits per heavy atom. The third-order valence-electron chi connectivity index (χ3n) is 5.49. The highest BCUT2D eigenvalue weighted by molar-refractivity contribution is 4.97. The minimum atomic E-state index is 0.208. The molecular formula is C16H35N3. The standard InChI is InChI=1S/C16H35N3/c1-7-13(3)9-16(8-2,12-17)19-10-14(4)18(6)15(5)11-19/h13-15H,7-12,17H2,1-6H3. The van der Waals surface area contributed by atoms with E-state index in [1.807, 2.05) is 0 Å². The van der Waals surface area contributed by atoms with Gasteiger partial charge in [0.15, 0.2) is 0 Å². The van der Waals surface area contributed by atoms with E-state index in [-0.39, 0.29) is 5.54 Å². The molecule has 0 radical (unpaired) electrons. The molecule has 2 N–H and O–H groups in total. The minimum absolute atomic E-state index is 0.208. The van der Waals surface area contributed by atoms with Crippen LogP contribution < -0.4 is 5.73 Å². The maximum atomic E-state index is 6.22. The van der Waals surface area contributed by atoms with Crippen LogP contribution in [0.2, 0.25) is 0 Å². The van der Waals surface area contributed by atoms with Crippen molar-refractivity contribution >= 4 is 0 Å². The summed E-state index contributed by atoms with van der Waals surface area (Å²) in [7, 11) is 2.25. The van der Waals surface area contributed by atoms with Crippen molar-refractivity contribution in [3.8, 4) is 0 Å². The Morgan fingerprint density at radius 2 is 1.74 bits per heavy atom. The van der Waals surface area contributed by atoms with Gasteiger partial charge in [-0.2, -0.15) is 0 Å². The summed E-state index contributed by atoms with van der Waals surface area (Å²) in [4.78, 5) is 5.19. The Hall–Kier alpha value is -0.120. The second-order valence-electron chi connectivity index (χ2n) is 6.77. The number of nitrogens with zero attached hydrogens (tertiary/aromatic N) is 2. The molecule has 0 aromatic rings.